The van der Waals surface area contributed by atoms with Gasteiger partial charge in [0.05, 0.1) is 0 Å². The Labute approximate surface area is 124 Å². The number of carbonyl (C=O) groups is 2. The normalized spacial score (nSPS) is 19.3. The van der Waals surface area contributed by atoms with E-state index in [0.29, 0.717) is 34.7 Å². The highest BCUT2D eigenvalue weighted by Gasteiger charge is 2.31. The van der Waals surface area contributed by atoms with Gasteiger partial charge in [-0.15, -0.1) is 0 Å². The van der Waals surface area contributed by atoms with Crippen molar-refractivity contribution >= 4 is 39.3 Å². The first-order valence-electron chi connectivity index (χ1n) is 5.76. The second-order valence-electron chi connectivity index (χ2n) is 4.28. The zero-order chi connectivity index (χ0) is 14.0. The van der Waals surface area contributed by atoms with Crippen molar-refractivity contribution in [2.45, 2.75) is 6.04 Å². The summed E-state index contributed by atoms with van der Waals surface area (Å²) < 4.78 is 0.717. The van der Waals surface area contributed by atoms with Crippen LogP contribution in [-0.2, 0) is 4.79 Å². The van der Waals surface area contributed by atoms with Crippen LogP contribution in [0.25, 0.3) is 0 Å². The number of nitrogens with one attached hydrogen (secondary N) is 1. The van der Waals surface area contributed by atoms with Crippen LogP contribution < -0.4 is 11.1 Å². The highest BCUT2D eigenvalue weighted by Crippen LogP contribution is 2.21. The Hall–Kier alpha value is -1.11. The standard InChI is InChI=1S/C12H13BrClN3O2/c13-8-3-7(4-9(14)5-8)12(19)17-2-1-16-6-10(17)11(15)18/h3-5,10,16H,1-2,6H2,(H2,15,18). The minimum atomic E-state index is -0.626. The molecule has 1 aromatic carbocycles. The first kappa shape index (κ1) is 14.3. The second-order valence-corrected chi connectivity index (χ2v) is 5.63. The Bertz CT molecular complexity index is 503. The van der Waals surface area contributed by atoms with E-state index >= 15 is 0 Å². The van der Waals surface area contributed by atoms with Gasteiger partial charge in [0.1, 0.15) is 6.04 Å². The van der Waals surface area contributed by atoms with Gasteiger partial charge < -0.3 is 16.0 Å². The lowest BCUT2D eigenvalue weighted by molar-refractivity contribution is -0.122. The fourth-order valence-electron chi connectivity index (χ4n) is 2.04. The number of nitrogens with two attached hydrogens (primary N) is 1. The maximum Gasteiger partial charge on any atom is 0.254 e. The van der Waals surface area contributed by atoms with Crippen LogP contribution in [0, 0.1) is 0 Å². The van der Waals surface area contributed by atoms with Crippen LogP contribution in [-0.4, -0.2) is 42.4 Å². The first-order valence-corrected chi connectivity index (χ1v) is 6.93. The Morgan fingerprint density at radius 1 is 1.42 bits per heavy atom. The number of halogens is 2. The summed E-state index contributed by atoms with van der Waals surface area (Å²) in [7, 11) is 0. The summed E-state index contributed by atoms with van der Waals surface area (Å²) in [4.78, 5) is 25.3. The zero-order valence-electron chi connectivity index (χ0n) is 10.0. The Morgan fingerprint density at radius 2 is 2.16 bits per heavy atom. The molecule has 7 heteroatoms. The van der Waals surface area contributed by atoms with Crippen LogP contribution in [0.3, 0.4) is 0 Å². The number of amides is 2. The van der Waals surface area contributed by atoms with Gasteiger partial charge in [-0.2, -0.15) is 0 Å². The molecule has 2 amide bonds. The van der Waals surface area contributed by atoms with E-state index in [1.807, 2.05) is 0 Å². The number of carbonyl (C=O) groups excluding carboxylic acids is 2. The van der Waals surface area contributed by atoms with Crippen LogP contribution in [0.5, 0.6) is 0 Å². The minimum absolute atomic E-state index is 0.242. The summed E-state index contributed by atoms with van der Waals surface area (Å²) in [6.07, 6.45) is 0. The largest absolute Gasteiger partial charge is 0.368 e. The van der Waals surface area contributed by atoms with E-state index < -0.39 is 11.9 Å². The van der Waals surface area contributed by atoms with Gasteiger partial charge in [-0.3, -0.25) is 9.59 Å². The van der Waals surface area contributed by atoms with Crippen LogP contribution in [0.2, 0.25) is 5.02 Å². The van der Waals surface area contributed by atoms with Gasteiger partial charge in [0, 0.05) is 34.7 Å². The lowest BCUT2D eigenvalue weighted by atomic mass is 10.1. The van der Waals surface area contributed by atoms with Crippen LogP contribution in [0.4, 0.5) is 0 Å². The molecule has 1 saturated heterocycles. The van der Waals surface area contributed by atoms with E-state index in [9.17, 15) is 9.59 Å². The summed E-state index contributed by atoms with van der Waals surface area (Å²) in [5.74, 6) is -0.754. The van der Waals surface area contributed by atoms with Crippen molar-refractivity contribution in [3.8, 4) is 0 Å². The van der Waals surface area contributed by atoms with E-state index in [1.54, 1.807) is 18.2 Å². The molecule has 1 aliphatic rings. The third-order valence-electron chi connectivity index (χ3n) is 2.94. The van der Waals surface area contributed by atoms with Gasteiger partial charge in [0.25, 0.3) is 5.91 Å². The Morgan fingerprint density at radius 3 is 2.79 bits per heavy atom. The smallest absolute Gasteiger partial charge is 0.254 e. The van der Waals surface area contributed by atoms with E-state index in [2.05, 4.69) is 21.2 Å². The molecule has 2 rings (SSSR count). The highest BCUT2D eigenvalue weighted by atomic mass is 79.9. The summed E-state index contributed by atoms with van der Waals surface area (Å²) in [5, 5.41) is 3.51. The highest BCUT2D eigenvalue weighted by molar-refractivity contribution is 9.10. The summed E-state index contributed by atoms with van der Waals surface area (Å²) >= 11 is 9.22. The zero-order valence-corrected chi connectivity index (χ0v) is 12.4. The number of hydrogen-bond acceptors (Lipinski definition) is 3. The summed E-state index contributed by atoms with van der Waals surface area (Å²) in [6.45, 7) is 1.45. The van der Waals surface area contributed by atoms with Crippen molar-refractivity contribution < 1.29 is 9.59 Å². The maximum absolute atomic E-state index is 12.4. The molecule has 3 N–H and O–H groups in total. The second kappa shape index (κ2) is 5.90. The molecular formula is C12H13BrClN3O2. The molecule has 1 aromatic rings. The molecule has 1 heterocycles. The van der Waals surface area contributed by atoms with Crippen molar-refractivity contribution in [3.05, 3.63) is 33.3 Å². The number of piperazine rings is 1. The monoisotopic (exact) mass is 345 g/mol. The number of hydrogen-bond donors (Lipinski definition) is 2. The predicted molar refractivity (Wildman–Crippen MR) is 76.0 cm³/mol. The Balaban J connectivity index is 2.28. The fraction of sp³-hybridized carbons (Fsp3) is 0.333. The number of primary amides is 1. The van der Waals surface area contributed by atoms with Gasteiger partial charge >= 0.3 is 0 Å². The molecule has 1 atom stereocenters. The van der Waals surface area contributed by atoms with Crippen molar-refractivity contribution in [2.24, 2.45) is 5.73 Å². The van der Waals surface area contributed by atoms with E-state index in [1.165, 1.54) is 4.90 Å². The summed E-state index contributed by atoms with van der Waals surface area (Å²) in [6, 6.07) is 4.32. The van der Waals surface area contributed by atoms with E-state index in [-0.39, 0.29) is 5.91 Å². The number of rotatable bonds is 2. The molecule has 0 saturated carbocycles. The SMILES string of the molecule is NC(=O)C1CNCCN1C(=O)c1cc(Cl)cc(Br)c1. The fourth-order valence-corrected chi connectivity index (χ4v) is 2.90. The molecule has 1 aliphatic heterocycles. The molecule has 0 radical (unpaired) electrons. The van der Waals surface area contributed by atoms with Gasteiger partial charge in [-0.1, -0.05) is 27.5 Å². The van der Waals surface area contributed by atoms with Gasteiger partial charge in [-0.05, 0) is 18.2 Å². The topological polar surface area (TPSA) is 75.4 Å². The molecular weight excluding hydrogens is 334 g/mol. The van der Waals surface area contributed by atoms with E-state index in [0.717, 1.165) is 0 Å². The molecule has 102 valence electrons. The number of nitrogens with zero attached hydrogens (tertiary/aromatic N) is 1. The molecule has 0 aliphatic carbocycles. The molecule has 0 spiro atoms. The third kappa shape index (κ3) is 3.26. The minimum Gasteiger partial charge on any atom is -0.368 e. The van der Waals surface area contributed by atoms with Crippen molar-refractivity contribution in [2.75, 3.05) is 19.6 Å². The average Bonchev–Trinajstić information content (AvgIpc) is 2.36. The van der Waals surface area contributed by atoms with Crippen molar-refractivity contribution in [3.63, 3.8) is 0 Å². The molecule has 1 fully saturated rings. The maximum atomic E-state index is 12.4. The molecule has 19 heavy (non-hydrogen) atoms. The third-order valence-corrected chi connectivity index (χ3v) is 3.62. The number of benzene rings is 1. The van der Waals surface area contributed by atoms with Crippen LogP contribution in [0.15, 0.2) is 22.7 Å². The molecule has 5 nitrogen and oxygen atoms in total. The van der Waals surface area contributed by atoms with Gasteiger partial charge in [-0.25, -0.2) is 0 Å². The lowest BCUT2D eigenvalue weighted by Crippen LogP contribution is -2.58. The predicted octanol–water partition coefficient (Wildman–Crippen LogP) is 1.00. The quantitative estimate of drug-likeness (QED) is 0.839. The van der Waals surface area contributed by atoms with E-state index in [4.69, 9.17) is 17.3 Å². The van der Waals surface area contributed by atoms with Crippen LogP contribution in [0.1, 0.15) is 10.4 Å². The first-order chi connectivity index (χ1) is 8.99. The lowest BCUT2D eigenvalue weighted by Gasteiger charge is -2.34. The molecule has 0 bridgehead atoms. The van der Waals surface area contributed by atoms with Crippen LogP contribution >= 0.6 is 27.5 Å². The summed E-state index contributed by atoms with van der Waals surface area (Å²) in [5.41, 5.74) is 5.76. The molecule has 0 aromatic heterocycles. The van der Waals surface area contributed by atoms with Crippen molar-refractivity contribution in [1.82, 2.24) is 10.2 Å². The average molecular weight is 347 g/mol. The van der Waals surface area contributed by atoms with Gasteiger partial charge in [0.2, 0.25) is 5.91 Å². The molecule has 1 unspecified atom stereocenters. The van der Waals surface area contributed by atoms with Gasteiger partial charge in [0.15, 0.2) is 0 Å². The Kier molecular flexibility index (Phi) is 4.44. The van der Waals surface area contributed by atoms with Crippen molar-refractivity contribution in [1.29, 1.82) is 0 Å².